The minimum atomic E-state index is 0.776. The van der Waals surface area contributed by atoms with Gasteiger partial charge in [-0.25, -0.2) is 0 Å². The predicted molar refractivity (Wildman–Crippen MR) is 73.9 cm³/mol. The van der Waals surface area contributed by atoms with E-state index in [0.717, 1.165) is 43.7 Å². The van der Waals surface area contributed by atoms with Gasteiger partial charge in [0, 0.05) is 6.54 Å². The van der Waals surface area contributed by atoms with Crippen LogP contribution >= 0.6 is 0 Å². The van der Waals surface area contributed by atoms with Gasteiger partial charge in [-0.05, 0) is 60.9 Å². The third-order valence-corrected chi connectivity index (χ3v) is 4.35. The lowest BCUT2D eigenvalue weighted by atomic mass is 10.0. The lowest BCUT2D eigenvalue weighted by Crippen LogP contribution is -2.23. The zero-order chi connectivity index (χ0) is 12.4. The number of ether oxygens (including phenoxy) is 1. The van der Waals surface area contributed by atoms with E-state index in [1.54, 1.807) is 0 Å². The van der Waals surface area contributed by atoms with Crippen LogP contribution in [0.15, 0.2) is 18.2 Å². The van der Waals surface area contributed by atoms with Crippen LogP contribution in [0, 0.1) is 11.8 Å². The van der Waals surface area contributed by atoms with Gasteiger partial charge in [0.25, 0.3) is 0 Å². The first-order valence-corrected chi connectivity index (χ1v) is 7.26. The Bertz CT molecular complexity index is 416. The standard InChI is InChI=1S/C16H23NO/c1-12-2-3-13(8-12)11-18-16-5-4-15-10-17-7-6-14(15)9-16/h4-5,9,12-13,17H,2-3,6-8,10-11H2,1H3. The van der Waals surface area contributed by atoms with E-state index in [1.165, 1.54) is 30.4 Å². The highest BCUT2D eigenvalue weighted by molar-refractivity contribution is 5.37. The molecule has 1 aliphatic heterocycles. The van der Waals surface area contributed by atoms with Crippen molar-refractivity contribution in [3.63, 3.8) is 0 Å². The smallest absolute Gasteiger partial charge is 0.119 e. The molecule has 18 heavy (non-hydrogen) atoms. The minimum absolute atomic E-state index is 0.776. The Balaban J connectivity index is 1.59. The normalized spacial score (nSPS) is 26.9. The van der Waals surface area contributed by atoms with Gasteiger partial charge in [0.1, 0.15) is 5.75 Å². The van der Waals surface area contributed by atoms with Crippen LogP contribution in [0.1, 0.15) is 37.3 Å². The highest BCUT2D eigenvalue weighted by Gasteiger charge is 2.21. The summed E-state index contributed by atoms with van der Waals surface area (Å²) in [6.45, 7) is 5.36. The van der Waals surface area contributed by atoms with Crippen LogP contribution in [0.25, 0.3) is 0 Å². The fraction of sp³-hybridized carbons (Fsp3) is 0.625. The van der Waals surface area contributed by atoms with E-state index in [0.29, 0.717) is 0 Å². The molecule has 3 rings (SSSR count). The molecule has 2 aliphatic rings. The van der Waals surface area contributed by atoms with Crippen LogP contribution in [-0.4, -0.2) is 13.2 Å². The fourth-order valence-electron chi connectivity index (χ4n) is 3.23. The van der Waals surface area contributed by atoms with Gasteiger partial charge in [0.2, 0.25) is 0 Å². The van der Waals surface area contributed by atoms with Crippen LogP contribution in [0.5, 0.6) is 5.75 Å². The van der Waals surface area contributed by atoms with Crippen LogP contribution in [0.4, 0.5) is 0 Å². The summed E-state index contributed by atoms with van der Waals surface area (Å²) < 4.78 is 5.98. The molecule has 0 amide bonds. The number of nitrogens with one attached hydrogen (secondary N) is 1. The van der Waals surface area contributed by atoms with Crippen molar-refractivity contribution in [1.29, 1.82) is 0 Å². The monoisotopic (exact) mass is 245 g/mol. The molecule has 0 aromatic heterocycles. The van der Waals surface area contributed by atoms with Crippen molar-refractivity contribution >= 4 is 0 Å². The fourth-order valence-corrected chi connectivity index (χ4v) is 3.23. The maximum Gasteiger partial charge on any atom is 0.119 e. The lowest BCUT2D eigenvalue weighted by Gasteiger charge is -2.18. The average Bonchev–Trinajstić information content (AvgIpc) is 2.82. The Morgan fingerprint density at radius 1 is 1.28 bits per heavy atom. The highest BCUT2D eigenvalue weighted by Crippen LogP contribution is 2.31. The first kappa shape index (κ1) is 12.0. The third-order valence-electron chi connectivity index (χ3n) is 4.35. The van der Waals surface area contributed by atoms with E-state index in [9.17, 15) is 0 Å². The molecular weight excluding hydrogens is 222 g/mol. The van der Waals surface area contributed by atoms with Gasteiger partial charge < -0.3 is 10.1 Å². The van der Waals surface area contributed by atoms with Gasteiger partial charge in [-0.15, -0.1) is 0 Å². The zero-order valence-electron chi connectivity index (χ0n) is 11.2. The van der Waals surface area contributed by atoms with Crippen molar-refractivity contribution < 1.29 is 4.74 Å². The summed E-state index contributed by atoms with van der Waals surface area (Å²) in [7, 11) is 0. The molecular formula is C16H23NO. The van der Waals surface area contributed by atoms with Gasteiger partial charge >= 0.3 is 0 Å². The summed E-state index contributed by atoms with van der Waals surface area (Å²) in [6.07, 6.45) is 5.20. The quantitative estimate of drug-likeness (QED) is 0.883. The number of fused-ring (bicyclic) bond motifs is 1. The van der Waals surface area contributed by atoms with Crippen LogP contribution in [0.3, 0.4) is 0 Å². The molecule has 1 N–H and O–H groups in total. The average molecular weight is 245 g/mol. The van der Waals surface area contributed by atoms with Gasteiger partial charge in [-0.2, -0.15) is 0 Å². The van der Waals surface area contributed by atoms with E-state index in [2.05, 4.69) is 30.4 Å². The van der Waals surface area contributed by atoms with Crippen molar-refractivity contribution in [2.45, 2.75) is 39.2 Å². The van der Waals surface area contributed by atoms with Gasteiger partial charge in [0.05, 0.1) is 6.61 Å². The van der Waals surface area contributed by atoms with Crippen molar-refractivity contribution in [2.75, 3.05) is 13.2 Å². The van der Waals surface area contributed by atoms with E-state index < -0.39 is 0 Å². The summed E-state index contributed by atoms with van der Waals surface area (Å²) in [5.41, 5.74) is 2.90. The predicted octanol–water partition coefficient (Wildman–Crippen LogP) is 3.15. The molecule has 1 saturated carbocycles. The lowest BCUT2D eigenvalue weighted by molar-refractivity contribution is 0.248. The van der Waals surface area contributed by atoms with Crippen LogP contribution in [-0.2, 0) is 13.0 Å². The zero-order valence-corrected chi connectivity index (χ0v) is 11.2. The molecule has 1 aromatic rings. The van der Waals surface area contributed by atoms with Gasteiger partial charge in [-0.1, -0.05) is 19.4 Å². The summed E-state index contributed by atoms with van der Waals surface area (Å²) >= 11 is 0. The largest absolute Gasteiger partial charge is 0.493 e. The molecule has 1 aliphatic carbocycles. The second-order valence-electron chi connectivity index (χ2n) is 5.95. The van der Waals surface area contributed by atoms with Crippen LogP contribution in [0.2, 0.25) is 0 Å². The van der Waals surface area contributed by atoms with Crippen molar-refractivity contribution in [3.05, 3.63) is 29.3 Å². The Labute approximate surface area is 110 Å². The van der Waals surface area contributed by atoms with E-state index in [-0.39, 0.29) is 0 Å². The molecule has 2 heteroatoms. The molecule has 0 saturated heterocycles. The Morgan fingerprint density at radius 2 is 2.22 bits per heavy atom. The first-order chi connectivity index (χ1) is 8.81. The molecule has 98 valence electrons. The number of rotatable bonds is 3. The van der Waals surface area contributed by atoms with E-state index in [1.807, 2.05) is 0 Å². The number of hydrogen-bond donors (Lipinski definition) is 1. The summed E-state index contributed by atoms with van der Waals surface area (Å²) in [5, 5.41) is 3.40. The van der Waals surface area contributed by atoms with Gasteiger partial charge in [-0.3, -0.25) is 0 Å². The SMILES string of the molecule is CC1CCC(COc2ccc3c(c2)CCNC3)C1. The second-order valence-corrected chi connectivity index (χ2v) is 5.95. The molecule has 0 bridgehead atoms. The van der Waals surface area contributed by atoms with Crippen molar-refractivity contribution in [3.8, 4) is 5.75 Å². The van der Waals surface area contributed by atoms with Crippen molar-refractivity contribution in [1.82, 2.24) is 5.32 Å². The summed E-state index contributed by atoms with van der Waals surface area (Å²) in [4.78, 5) is 0. The molecule has 1 heterocycles. The Hall–Kier alpha value is -1.02. The number of benzene rings is 1. The molecule has 1 fully saturated rings. The van der Waals surface area contributed by atoms with E-state index >= 15 is 0 Å². The van der Waals surface area contributed by atoms with Crippen molar-refractivity contribution in [2.24, 2.45) is 11.8 Å². The topological polar surface area (TPSA) is 21.3 Å². The molecule has 0 spiro atoms. The maximum absolute atomic E-state index is 5.98. The third kappa shape index (κ3) is 2.69. The maximum atomic E-state index is 5.98. The summed E-state index contributed by atoms with van der Waals surface area (Å²) in [5.74, 6) is 2.74. The Kier molecular flexibility index (Phi) is 3.55. The minimum Gasteiger partial charge on any atom is -0.493 e. The molecule has 1 aromatic carbocycles. The highest BCUT2D eigenvalue weighted by atomic mass is 16.5. The molecule has 0 radical (unpaired) electrons. The van der Waals surface area contributed by atoms with E-state index in [4.69, 9.17) is 4.74 Å². The van der Waals surface area contributed by atoms with Gasteiger partial charge in [0.15, 0.2) is 0 Å². The Morgan fingerprint density at radius 3 is 3.06 bits per heavy atom. The molecule has 2 atom stereocenters. The summed E-state index contributed by atoms with van der Waals surface area (Å²) in [6, 6.07) is 6.59. The second kappa shape index (κ2) is 5.31. The van der Waals surface area contributed by atoms with Crippen LogP contribution < -0.4 is 10.1 Å². The number of hydrogen-bond acceptors (Lipinski definition) is 2. The molecule has 2 unspecified atom stereocenters. The molecule has 2 nitrogen and oxygen atoms in total. The first-order valence-electron chi connectivity index (χ1n) is 7.26.